The number of rotatable bonds is 6. The van der Waals surface area contributed by atoms with Gasteiger partial charge in [-0.25, -0.2) is 4.39 Å². The first-order valence-corrected chi connectivity index (χ1v) is 14.2. The second kappa shape index (κ2) is 10.7. The molecule has 1 aliphatic carbocycles. The van der Waals surface area contributed by atoms with E-state index in [-0.39, 0.29) is 23.0 Å². The number of nitrogens with one attached hydrogen (secondary N) is 1. The van der Waals surface area contributed by atoms with Gasteiger partial charge in [0.25, 0.3) is 0 Å². The van der Waals surface area contributed by atoms with Gasteiger partial charge >= 0.3 is 0 Å². The lowest BCUT2D eigenvalue weighted by atomic mass is 9.73. The number of fused-ring (bicyclic) bond motifs is 2. The van der Waals surface area contributed by atoms with Gasteiger partial charge in [-0.15, -0.1) is 0 Å². The zero-order valence-electron chi connectivity index (χ0n) is 21.9. The van der Waals surface area contributed by atoms with Crippen LogP contribution in [0, 0.1) is 23.1 Å². The summed E-state index contributed by atoms with van der Waals surface area (Å²) >= 11 is 5.82. The van der Waals surface area contributed by atoms with Gasteiger partial charge in [0.15, 0.2) is 0 Å². The molecular weight excluding hydrogens is 511 g/mol. The van der Waals surface area contributed by atoms with E-state index >= 15 is 0 Å². The van der Waals surface area contributed by atoms with Crippen LogP contribution in [0.25, 0.3) is 11.1 Å². The zero-order chi connectivity index (χ0) is 27.0. The van der Waals surface area contributed by atoms with Gasteiger partial charge in [-0.2, -0.15) is 5.26 Å². The summed E-state index contributed by atoms with van der Waals surface area (Å²) in [5.41, 5.74) is 5.64. The number of carbonyl (C=O) groups excluding carboxylic acids is 1. The summed E-state index contributed by atoms with van der Waals surface area (Å²) in [5.74, 6) is 0.160. The molecular formula is C32H32ClFN4O. The number of hydrogen-bond acceptors (Lipinski definition) is 4. The summed E-state index contributed by atoms with van der Waals surface area (Å²) in [6.45, 7) is 4.24. The lowest BCUT2D eigenvalue weighted by Gasteiger charge is -2.52. The van der Waals surface area contributed by atoms with E-state index in [1.807, 2.05) is 24.3 Å². The number of nitriles is 1. The Hall–Kier alpha value is -3.24. The Morgan fingerprint density at radius 3 is 2.59 bits per heavy atom. The zero-order valence-corrected chi connectivity index (χ0v) is 22.7. The number of piperidine rings is 1. The molecule has 0 bridgehead atoms. The molecule has 5 nitrogen and oxygen atoms in total. The maximum Gasteiger partial charge on any atom is 0.238 e. The summed E-state index contributed by atoms with van der Waals surface area (Å²) in [6.07, 6.45) is 5.48. The molecule has 2 heterocycles. The van der Waals surface area contributed by atoms with Gasteiger partial charge < -0.3 is 10.2 Å². The molecule has 1 amide bonds. The molecule has 7 heteroatoms. The summed E-state index contributed by atoms with van der Waals surface area (Å²) in [7, 11) is 0. The van der Waals surface area contributed by atoms with Crippen LogP contribution in [0.1, 0.15) is 42.4 Å². The molecule has 3 aliphatic rings. The van der Waals surface area contributed by atoms with Crippen LogP contribution in [0.5, 0.6) is 0 Å². The van der Waals surface area contributed by atoms with Crippen LogP contribution in [0.2, 0.25) is 5.02 Å². The van der Waals surface area contributed by atoms with Crippen LogP contribution < -0.4 is 5.32 Å². The van der Waals surface area contributed by atoms with E-state index in [2.05, 4.69) is 39.4 Å². The third-order valence-corrected chi connectivity index (χ3v) is 8.93. The molecule has 39 heavy (non-hydrogen) atoms. The van der Waals surface area contributed by atoms with Gasteiger partial charge in [-0.05, 0) is 90.6 Å². The van der Waals surface area contributed by atoms with Gasteiger partial charge in [-0.3, -0.25) is 9.69 Å². The monoisotopic (exact) mass is 542 g/mol. The highest BCUT2D eigenvalue weighted by molar-refractivity contribution is 6.30. The molecule has 1 saturated heterocycles. The molecule has 1 N–H and O–H groups in total. The molecule has 200 valence electrons. The number of nitrogens with zero attached hydrogens (tertiary/aromatic N) is 3. The smallest absolute Gasteiger partial charge is 0.238 e. The van der Waals surface area contributed by atoms with Crippen LogP contribution in [-0.2, 0) is 16.8 Å². The Bertz CT molecular complexity index is 1440. The number of hydrogen-bond donors (Lipinski definition) is 1. The van der Waals surface area contributed by atoms with E-state index in [9.17, 15) is 14.4 Å². The van der Waals surface area contributed by atoms with Crippen molar-refractivity contribution in [2.75, 3.05) is 38.0 Å². The van der Waals surface area contributed by atoms with Crippen LogP contribution in [-0.4, -0.2) is 48.4 Å². The first-order valence-electron chi connectivity index (χ1n) is 13.8. The van der Waals surface area contributed by atoms with Crippen molar-refractivity contribution in [1.82, 2.24) is 9.80 Å². The predicted octanol–water partition coefficient (Wildman–Crippen LogP) is 6.22. The highest BCUT2D eigenvalue weighted by Gasteiger charge is 2.45. The van der Waals surface area contributed by atoms with Crippen molar-refractivity contribution in [3.8, 4) is 17.2 Å². The molecule has 0 unspecified atom stereocenters. The number of anilines is 1. The molecule has 3 aromatic rings. The minimum absolute atomic E-state index is 0.0382. The fraction of sp³-hybridized carbons (Fsp3) is 0.375. The SMILES string of the molecule is N#Cc1cccc(-c2ccc3c(c2)CCN(CC(=O)Nc2ccc(Cl)c(F)c2)C32CCN(CC3CC3)CC2)c1. The lowest BCUT2D eigenvalue weighted by molar-refractivity contribution is -0.120. The van der Waals surface area contributed by atoms with E-state index in [1.165, 1.54) is 42.6 Å². The number of carbonyl (C=O) groups is 1. The van der Waals surface area contributed by atoms with E-state index in [0.29, 0.717) is 11.3 Å². The molecule has 2 aliphatic heterocycles. The summed E-state index contributed by atoms with van der Waals surface area (Å²) in [6, 6.07) is 21.0. The van der Waals surface area contributed by atoms with E-state index < -0.39 is 5.82 Å². The Labute approximate surface area is 234 Å². The quantitative estimate of drug-likeness (QED) is 0.402. The minimum atomic E-state index is -0.544. The third-order valence-electron chi connectivity index (χ3n) is 8.62. The van der Waals surface area contributed by atoms with E-state index in [0.717, 1.165) is 55.9 Å². The van der Waals surface area contributed by atoms with Gasteiger partial charge in [0, 0.05) is 37.4 Å². The predicted molar refractivity (Wildman–Crippen MR) is 152 cm³/mol. The Morgan fingerprint density at radius 2 is 1.85 bits per heavy atom. The second-order valence-corrected chi connectivity index (χ2v) is 11.6. The van der Waals surface area contributed by atoms with E-state index in [4.69, 9.17) is 11.6 Å². The molecule has 2 fully saturated rings. The Kier molecular flexibility index (Phi) is 7.16. The molecule has 0 radical (unpaired) electrons. The number of benzene rings is 3. The maximum absolute atomic E-state index is 14.0. The number of likely N-dealkylation sites (tertiary alicyclic amines) is 1. The van der Waals surface area contributed by atoms with Gasteiger partial charge in [0.05, 0.1) is 23.2 Å². The highest BCUT2D eigenvalue weighted by Crippen LogP contribution is 2.45. The largest absolute Gasteiger partial charge is 0.325 e. The van der Waals surface area contributed by atoms with Crippen molar-refractivity contribution in [2.45, 2.75) is 37.6 Å². The second-order valence-electron chi connectivity index (χ2n) is 11.2. The number of halogens is 2. The first kappa shape index (κ1) is 26.0. The minimum Gasteiger partial charge on any atom is -0.325 e. The van der Waals surface area contributed by atoms with Gasteiger partial charge in [0.2, 0.25) is 5.91 Å². The van der Waals surface area contributed by atoms with Crippen molar-refractivity contribution in [2.24, 2.45) is 5.92 Å². The Morgan fingerprint density at radius 1 is 1.05 bits per heavy atom. The molecule has 6 rings (SSSR count). The molecule has 3 aromatic carbocycles. The topological polar surface area (TPSA) is 59.4 Å². The van der Waals surface area contributed by atoms with Crippen LogP contribution in [0.4, 0.5) is 10.1 Å². The first-order chi connectivity index (χ1) is 18.9. The fourth-order valence-corrected chi connectivity index (χ4v) is 6.49. The highest BCUT2D eigenvalue weighted by atomic mass is 35.5. The fourth-order valence-electron chi connectivity index (χ4n) is 6.38. The summed E-state index contributed by atoms with van der Waals surface area (Å²) in [5, 5.41) is 12.3. The molecule has 1 saturated carbocycles. The van der Waals surface area contributed by atoms with E-state index in [1.54, 1.807) is 6.07 Å². The van der Waals surface area contributed by atoms with Crippen molar-refractivity contribution in [1.29, 1.82) is 5.26 Å². The summed E-state index contributed by atoms with van der Waals surface area (Å²) in [4.78, 5) is 18.1. The summed E-state index contributed by atoms with van der Waals surface area (Å²) < 4.78 is 14.0. The number of amides is 1. The van der Waals surface area contributed by atoms with Crippen LogP contribution in [0.15, 0.2) is 60.7 Å². The third kappa shape index (κ3) is 5.45. The average Bonchev–Trinajstić information content (AvgIpc) is 3.77. The lowest BCUT2D eigenvalue weighted by Crippen LogP contribution is -2.58. The molecule has 0 atom stereocenters. The van der Waals surface area contributed by atoms with Crippen LogP contribution in [0.3, 0.4) is 0 Å². The van der Waals surface area contributed by atoms with Crippen molar-refractivity contribution in [3.63, 3.8) is 0 Å². The van der Waals surface area contributed by atoms with Crippen molar-refractivity contribution < 1.29 is 9.18 Å². The van der Waals surface area contributed by atoms with Crippen molar-refractivity contribution in [3.05, 3.63) is 88.2 Å². The normalized spacial score (nSPS) is 18.9. The average molecular weight is 543 g/mol. The molecule has 0 aromatic heterocycles. The van der Waals surface area contributed by atoms with Gasteiger partial charge in [0.1, 0.15) is 5.82 Å². The standard InChI is InChI=1S/C32H32ClFN4O/c33-29-9-7-27(18-30(29)34)36-31(39)21-38-13-10-26-17-25(24-3-1-2-23(16-24)19-35)6-8-28(26)32(38)11-14-37(15-12-32)20-22-4-5-22/h1-3,6-9,16-18,22H,4-5,10-15,20-21H2,(H,36,39). The van der Waals surface area contributed by atoms with Gasteiger partial charge in [-0.1, -0.05) is 41.9 Å². The Balaban J connectivity index is 1.27. The van der Waals surface area contributed by atoms with Crippen LogP contribution >= 0.6 is 11.6 Å². The molecule has 1 spiro atoms. The maximum atomic E-state index is 14.0. The van der Waals surface area contributed by atoms with Crippen molar-refractivity contribution >= 4 is 23.2 Å².